The number of aromatic nitrogens is 2. The summed E-state index contributed by atoms with van der Waals surface area (Å²) in [5.41, 5.74) is 10.6. The minimum Gasteiger partial charge on any atom is -0.384 e. The molecule has 2 heterocycles. The average molecular weight is 659 g/mol. The summed E-state index contributed by atoms with van der Waals surface area (Å²) in [6.45, 7) is 0. The lowest BCUT2D eigenvalue weighted by Gasteiger charge is -2.41. The number of benzene rings is 3. The van der Waals surface area contributed by atoms with Crippen LogP contribution in [0.2, 0.25) is 15.1 Å². The number of primary sulfonamides is 1. The number of sulfonamides is 1. The molecule has 1 aliphatic carbocycles. The minimum absolute atomic E-state index is 0.0479. The highest BCUT2D eigenvalue weighted by molar-refractivity contribution is 7.89. The van der Waals surface area contributed by atoms with Crippen molar-refractivity contribution in [2.45, 2.75) is 30.1 Å². The highest BCUT2D eigenvalue weighted by Crippen LogP contribution is 2.53. The normalized spacial score (nSPS) is 16.8. The van der Waals surface area contributed by atoms with E-state index in [1.54, 1.807) is 59.2 Å². The van der Waals surface area contributed by atoms with E-state index in [9.17, 15) is 13.2 Å². The number of halogens is 3. The van der Waals surface area contributed by atoms with Gasteiger partial charge in [-0.3, -0.25) is 14.3 Å². The van der Waals surface area contributed by atoms with Gasteiger partial charge < -0.3 is 5.73 Å². The molecule has 1 unspecified atom stereocenters. The molecule has 13 heteroatoms. The Labute approximate surface area is 262 Å². The van der Waals surface area contributed by atoms with Crippen LogP contribution in [0.3, 0.4) is 0 Å². The van der Waals surface area contributed by atoms with Crippen LogP contribution in [-0.4, -0.2) is 23.8 Å². The van der Waals surface area contributed by atoms with E-state index in [1.807, 2.05) is 4.90 Å². The SMILES string of the molecule is Nc1c2c(nc(=S)n1-c1ccc(Cl)cc1)N(c1ccc(S(N)(=O)=O)cc1)C1=C(C(=O)CCC1)C2c1ccc(Cl)cc1Cl. The van der Waals surface area contributed by atoms with Crippen LogP contribution in [-0.2, 0) is 14.8 Å². The van der Waals surface area contributed by atoms with Gasteiger partial charge in [-0.2, -0.15) is 0 Å². The Hall–Kier alpha value is -3.25. The molecule has 4 aromatic rings. The van der Waals surface area contributed by atoms with Gasteiger partial charge >= 0.3 is 0 Å². The van der Waals surface area contributed by atoms with Gasteiger partial charge in [-0.05, 0) is 91.3 Å². The maximum atomic E-state index is 13.8. The maximum Gasteiger partial charge on any atom is 0.238 e. The highest BCUT2D eigenvalue weighted by Gasteiger charge is 2.42. The number of nitrogens with zero attached hydrogens (tertiary/aromatic N) is 3. The number of anilines is 3. The number of hydrogen-bond acceptors (Lipinski definition) is 7. The van der Waals surface area contributed by atoms with Crippen molar-refractivity contribution in [1.82, 2.24) is 9.55 Å². The van der Waals surface area contributed by atoms with Crippen molar-refractivity contribution >= 4 is 80.2 Å². The molecule has 2 aliphatic rings. The monoisotopic (exact) mass is 657 g/mol. The first-order valence-corrected chi connectivity index (χ1v) is 15.9. The van der Waals surface area contributed by atoms with Crippen LogP contribution in [0, 0.1) is 4.77 Å². The number of hydrogen-bond donors (Lipinski definition) is 2. The van der Waals surface area contributed by atoms with Gasteiger partial charge in [-0.15, -0.1) is 0 Å². The first-order valence-electron chi connectivity index (χ1n) is 12.8. The molecule has 0 radical (unpaired) electrons. The Morgan fingerprint density at radius 1 is 0.905 bits per heavy atom. The zero-order chi connectivity index (χ0) is 29.9. The summed E-state index contributed by atoms with van der Waals surface area (Å²) in [6, 6.07) is 18.2. The molecule has 8 nitrogen and oxygen atoms in total. The van der Waals surface area contributed by atoms with Crippen molar-refractivity contribution in [2.24, 2.45) is 5.14 Å². The topological polar surface area (TPSA) is 124 Å². The van der Waals surface area contributed by atoms with Gasteiger partial charge in [0.25, 0.3) is 0 Å². The number of ketones is 1. The van der Waals surface area contributed by atoms with E-state index in [-0.39, 0.29) is 21.3 Å². The van der Waals surface area contributed by atoms with Crippen LogP contribution in [0.4, 0.5) is 17.3 Å². The Bertz CT molecular complexity index is 1980. The number of nitrogens with two attached hydrogens (primary N) is 2. The zero-order valence-electron chi connectivity index (χ0n) is 21.7. The molecule has 214 valence electrons. The van der Waals surface area contributed by atoms with Gasteiger partial charge in [-0.1, -0.05) is 40.9 Å². The van der Waals surface area contributed by atoms with E-state index < -0.39 is 15.9 Å². The zero-order valence-corrected chi connectivity index (χ0v) is 25.6. The molecular formula is C29H22Cl3N5O3S2. The molecule has 0 saturated carbocycles. The Morgan fingerprint density at radius 2 is 1.55 bits per heavy atom. The molecule has 1 aliphatic heterocycles. The summed E-state index contributed by atoms with van der Waals surface area (Å²) >= 11 is 24.9. The van der Waals surface area contributed by atoms with E-state index >= 15 is 0 Å². The molecular weight excluding hydrogens is 637 g/mol. The third-order valence-electron chi connectivity index (χ3n) is 7.42. The van der Waals surface area contributed by atoms with Crippen molar-refractivity contribution in [3.8, 4) is 5.69 Å². The van der Waals surface area contributed by atoms with Crippen molar-refractivity contribution < 1.29 is 13.2 Å². The molecule has 0 bridgehead atoms. The Balaban J connectivity index is 1.70. The van der Waals surface area contributed by atoms with Crippen molar-refractivity contribution in [2.75, 3.05) is 10.6 Å². The van der Waals surface area contributed by atoms with Crippen molar-refractivity contribution in [3.05, 3.63) is 109 Å². The number of rotatable bonds is 4. The molecule has 0 amide bonds. The number of nitrogen functional groups attached to an aromatic ring is 1. The van der Waals surface area contributed by atoms with Crippen LogP contribution >= 0.6 is 47.0 Å². The van der Waals surface area contributed by atoms with Gasteiger partial charge in [0.1, 0.15) is 11.6 Å². The first kappa shape index (κ1) is 28.9. The summed E-state index contributed by atoms with van der Waals surface area (Å²) in [7, 11) is -3.92. The van der Waals surface area contributed by atoms with Crippen LogP contribution < -0.4 is 15.8 Å². The van der Waals surface area contributed by atoms with Crippen LogP contribution in [0.15, 0.2) is 82.9 Å². The summed E-state index contributed by atoms with van der Waals surface area (Å²) in [6.07, 6.45) is 1.52. The fourth-order valence-corrected chi connectivity index (χ4v) is 7.06. The lowest BCUT2D eigenvalue weighted by atomic mass is 9.75. The van der Waals surface area contributed by atoms with Crippen LogP contribution in [0.5, 0.6) is 0 Å². The lowest BCUT2D eigenvalue weighted by Crippen LogP contribution is -2.35. The van der Waals surface area contributed by atoms with Gasteiger partial charge in [-0.25, -0.2) is 18.5 Å². The number of fused-ring (bicyclic) bond motifs is 1. The molecule has 1 atom stereocenters. The lowest BCUT2D eigenvalue weighted by molar-refractivity contribution is -0.116. The second-order valence-corrected chi connectivity index (χ2v) is 13.1. The third kappa shape index (κ3) is 4.92. The fourth-order valence-electron chi connectivity index (χ4n) is 5.61. The fraction of sp³-hybridized carbons (Fsp3) is 0.138. The van der Waals surface area contributed by atoms with Crippen LogP contribution in [0.1, 0.15) is 36.3 Å². The molecule has 0 saturated heterocycles. The van der Waals surface area contributed by atoms with Gasteiger partial charge in [0.2, 0.25) is 14.8 Å². The smallest absolute Gasteiger partial charge is 0.238 e. The number of Topliss-reactive ketones (excluding diaryl/α,β-unsaturated/α-hetero) is 1. The van der Waals surface area contributed by atoms with Crippen molar-refractivity contribution in [3.63, 3.8) is 0 Å². The molecule has 0 spiro atoms. The van der Waals surface area contributed by atoms with Gasteiger partial charge in [0.15, 0.2) is 5.78 Å². The maximum absolute atomic E-state index is 13.8. The summed E-state index contributed by atoms with van der Waals surface area (Å²) in [4.78, 5) is 20.4. The minimum atomic E-state index is -3.92. The van der Waals surface area contributed by atoms with Gasteiger partial charge in [0.05, 0.1) is 4.90 Å². The first-order chi connectivity index (χ1) is 20.0. The number of allylic oxidation sites excluding steroid dienone is 2. The van der Waals surface area contributed by atoms with Gasteiger partial charge in [0, 0.05) is 55.6 Å². The van der Waals surface area contributed by atoms with E-state index in [2.05, 4.69) is 0 Å². The quantitative estimate of drug-likeness (QED) is 0.225. The summed E-state index contributed by atoms with van der Waals surface area (Å²) < 4.78 is 25.7. The van der Waals surface area contributed by atoms with E-state index in [1.165, 1.54) is 12.1 Å². The standard InChI is InChI=1S/C29H22Cl3N5O3S2/c30-15-4-7-18(8-5-15)37-27(33)26-24(20-13-6-16(31)14-21(20)32)25-22(2-1-3-23(25)38)36(28(26)35-29(37)41)17-9-11-19(12-10-17)42(34,39)40/h4-14,24H,1-3,33H2,(H2,34,39,40). The predicted molar refractivity (Wildman–Crippen MR) is 168 cm³/mol. The average Bonchev–Trinajstić information content (AvgIpc) is 2.93. The molecule has 0 fully saturated rings. The Morgan fingerprint density at radius 3 is 2.19 bits per heavy atom. The molecule has 4 N–H and O–H groups in total. The largest absolute Gasteiger partial charge is 0.384 e. The summed E-state index contributed by atoms with van der Waals surface area (Å²) in [5.74, 6) is -0.0481. The van der Waals surface area contributed by atoms with Crippen LogP contribution in [0.25, 0.3) is 5.69 Å². The molecule has 42 heavy (non-hydrogen) atoms. The highest BCUT2D eigenvalue weighted by atomic mass is 35.5. The Kier molecular flexibility index (Phi) is 7.41. The number of carbonyl (C=O) groups is 1. The van der Waals surface area contributed by atoms with E-state index in [4.69, 9.17) is 62.9 Å². The second kappa shape index (κ2) is 10.8. The molecule has 3 aromatic carbocycles. The second-order valence-electron chi connectivity index (χ2n) is 9.94. The summed E-state index contributed by atoms with van der Waals surface area (Å²) in [5, 5.41) is 6.70. The van der Waals surface area contributed by atoms with E-state index in [0.29, 0.717) is 73.9 Å². The van der Waals surface area contributed by atoms with E-state index in [0.717, 1.165) is 0 Å². The number of carbonyl (C=O) groups excluding carboxylic acids is 1. The third-order valence-corrected chi connectivity index (χ3v) is 9.44. The van der Waals surface area contributed by atoms with Crippen molar-refractivity contribution in [1.29, 1.82) is 0 Å². The predicted octanol–water partition coefficient (Wildman–Crippen LogP) is 7.08. The molecule has 6 rings (SSSR count). The molecule has 1 aromatic heterocycles.